The van der Waals surface area contributed by atoms with Crippen molar-refractivity contribution in [3.05, 3.63) is 71.5 Å². The predicted octanol–water partition coefficient (Wildman–Crippen LogP) is 3.46. The smallest absolute Gasteiger partial charge is 0.291 e. The van der Waals surface area contributed by atoms with Crippen molar-refractivity contribution >= 4 is 33.8 Å². The molecule has 0 aliphatic heterocycles. The lowest BCUT2D eigenvalue weighted by atomic mass is 10.3. The van der Waals surface area contributed by atoms with Gasteiger partial charge in [0, 0.05) is 25.8 Å². The van der Waals surface area contributed by atoms with Crippen LogP contribution in [0.1, 0.15) is 20.2 Å². The number of amides is 2. The summed E-state index contributed by atoms with van der Waals surface area (Å²) in [5, 5.41) is 6.20. The summed E-state index contributed by atoms with van der Waals surface area (Å²) in [5.41, 5.74) is 1.10. The molecule has 0 aliphatic rings. The summed E-state index contributed by atoms with van der Waals surface area (Å²) < 4.78 is 5.04. The molecule has 6 nitrogen and oxygen atoms in total. The normalized spacial score (nSPS) is 10.3. The number of hydrogen-bond acceptors (Lipinski definition) is 5. The first-order valence-electron chi connectivity index (χ1n) is 8.12. The molecule has 0 aliphatic carbocycles. The quantitative estimate of drug-likeness (QED) is 0.669. The molecule has 134 valence electrons. The highest BCUT2D eigenvalue weighted by Crippen LogP contribution is 2.22. The first-order valence-corrected chi connectivity index (χ1v) is 8.94. The molecule has 3 aromatic rings. The molecule has 0 radical (unpaired) electrons. The Labute approximate surface area is 155 Å². The number of benzene rings is 1. The van der Waals surface area contributed by atoms with Gasteiger partial charge in [0.25, 0.3) is 11.8 Å². The Morgan fingerprint density at radius 2 is 1.85 bits per heavy atom. The van der Waals surface area contributed by atoms with Crippen LogP contribution in [-0.4, -0.2) is 32.0 Å². The van der Waals surface area contributed by atoms with Gasteiger partial charge in [-0.1, -0.05) is 18.2 Å². The van der Waals surface area contributed by atoms with E-state index < -0.39 is 0 Å². The third-order valence-electron chi connectivity index (χ3n) is 3.74. The van der Waals surface area contributed by atoms with Crippen LogP contribution in [-0.2, 0) is 0 Å². The van der Waals surface area contributed by atoms with Gasteiger partial charge in [0.05, 0.1) is 16.1 Å². The van der Waals surface area contributed by atoms with Crippen LogP contribution in [0, 0.1) is 0 Å². The van der Waals surface area contributed by atoms with E-state index in [1.165, 1.54) is 17.6 Å². The lowest BCUT2D eigenvalue weighted by Gasteiger charge is -2.19. The van der Waals surface area contributed by atoms with Crippen LogP contribution in [0.2, 0.25) is 0 Å². The number of thiophene rings is 1. The molecule has 0 fully saturated rings. The van der Waals surface area contributed by atoms with Crippen molar-refractivity contribution < 1.29 is 14.0 Å². The van der Waals surface area contributed by atoms with E-state index in [4.69, 9.17) is 4.42 Å². The van der Waals surface area contributed by atoms with E-state index in [1.54, 1.807) is 24.3 Å². The predicted molar refractivity (Wildman–Crippen MR) is 103 cm³/mol. The van der Waals surface area contributed by atoms with Crippen molar-refractivity contribution in [2.24, 2.45) is 0 Å². The topological polar surface area (TPSA) is 74.6 Å². The Bertz CT molecular complexity index is 859. The molecule has 2 N–H and O–H groups in total. The van der Waals surface area contributed by atoms with Gasteiger partial charge < -0.3 is 20.0 Å². The molecule has 0 saturated heterocycles. The van der Waals surface area contributed by atoms with E-state index in [9.17, 15) is 9.59 Å². The number of hydrogen-bond donors (Lipinski definition) is 2. The largest absolute Gasteiger partial charge is 0.459 e. The zero-order chi connectivity index (χ0) is 18.4. The van der Waals surface area contributed by atoms with Gasteiger partial charge in [-0.2, -0.15) is 0 Å². The molecule has 2 heterocycles. The van der Waals surface area contributed by atoms with Gasteiger partial charge in [-0.3, -0.25) is 9.59 Å². The second-order valence-corrected chi connectivity index (χ2v) is 6.69. The van der Waals surface area contributed by atoms with Crippen LogP contribution in [0.4, 0.5) is 10.7 Å². The van der Waals surface area contributed by atoms with Gasteiger partial charge >= 0.3 is 0 Å². The van der Waals surface area contributed by atoms with Gasteiger partial charge in [-0.25, -0.2) is 0 Å². The fourth-order valence-electron chi connectivity index (χ4n) is 2.34. The van der Waals surface area contributed by atoms with Gasteiger partial charge in [-0.05, 0) is 36.4 Å². The van der Waals surface area contributed by atoms with Gasteiger partial charge in [0.2, 0.25) is 0 Å². The highest BCUT2D eigenvalue weighted by molar-refractivity contribution is 7.18. The van der Waals surface area contributed by atoms with Crippen molar-refractivity contribution in [3.63, 3.8) is 0 Å². The standard InChI is InChI=1S/C19H19N3O3S/c1-22(14-6-3-2-4-7-14)12-11-20-19(24)16-9-10-17(26-16)21-18(23)15-8-5-13-25-15/h2-10,13H,11-12H2,1H3,(H,20,24)(H,21,23). The third-order valence-corrected chi connectivity index (χ3v) is 4.74. The SMILES string of the molecule is CN(CCNC(=O)c1ccc(NC(=O)c2ccco2)s1)c1ccccc1. The fraction of sp³-hybridized carbons (Fsp3) is 0.158. The number of para-hydroxylation sites is 1. The zero-order valence-electron chi connectivity index (χ0n) is 14.3. The molecule has 1 aromatic carbocycles. The van der Waals surface area contributed by atoms with Crippen LogP contribution in [0.15, 0.2) is 65.3 Å². The molecule has 0 spiro atoms. The molecule has 2 aromatic heterocycles. The first-order chi connectivity index (χ1) is 12.6. The second-order valence-electron chi connectivity index (χ2n) is 5.61. The number of nitrogens with one attached hydrogen (secondary N) is 2. The molecule has 3 rings (SSSR count). The number of carbonyl (C=O) groups is 2. The molecule has 26 heavy (non-hydrogen) atoms. The third kappa shape index (κ3) is 4.52. The van der Waals surface area contributed by atoms with E-state index in [0.29, 0.717) is 23.0 Å². The summed E-state index contributed by atoms with van der Waals surface area (Å²) in [6, 6.07) is 16.6. The number of carbonyl (C=O) groups excluding carboxylic acids is 2. The van der Waals surface area contributed by atoms with Crippen LogP contribution >= 0.6 is 11.3 Å². The summed E-state index contributed by atoms with van der Waals surface area (Å²) in [5.74, 6) is -0.267. The lowest BCUT2D eigenvalue weighted by molar-refractivity contribution is 0.0957. The molecule has 0 atom stereocenters. The maximum absolute atomic E-state index is 12.2. The number of anilines is 2. The molecule has 0 bridgehead atoms. The molecular formula is C19H19N3O3S. The highest BCUT2D eigenvalue weighted by Gasteiger charge is 2.13. The first kappa shape index (κ1) is 17.8. The number of likely N-dealkylation sites (N-methyl/N-ethyl adjacent to an activating group) is 1. The molecule has 0 unspecified atom stereocenters. The Hall–Kier alpha value is -3.06. The summed E-state index contributed by atoms with van der Waals surface area (Å²) in [6.07, 6.45) is 1.44. The monoisotopic (exact) mass is 369 g/mol. The minimum atomic E-state index is -0.340. The maximum atomic E-state index is 12.2. The Balaban J connectivity index is 1.48. The molecule has 0 saturated carbocycles. The summed E-state index contributed by atoms with van der Waals surface area (Å²) in [6.45, 7) is 1.22. The lowest BCUT2D eigenvalue weighted by Crippen LogP contribution is -2.32. The van der Waals surface area contributed by atoms with Crippen molar-refractivity contribution in [2.75, 3.05) is 30.4 Å². The molecule has 7 heteroatoms. The van der Waals surface area contributed by atoms with Crippen LogP contribution < -0.4 is 15.5 Å². The van der Waals surface area contributed by atoms with Crippen LogP contribution in [0.3, 0.4) is 0 Å². The fourth-order valence-corrected chi connectivity index (χ4v) is 3.16. The Morgan fingerprint density at radius 3 is 2.58 bits per heavy atom. The van der Waals surface area contributed by atoms with Gasteiger partial charge in [0.1, 0.15) is 0 Å². The van der Waals surface area contributed by atoms with Crippen LogP contribution in [0.5, 0.6) is 0 Å². The van der Waals surface area contributed by atoms with Crippen LogP contribution in [0.25, 0.3) is 0 Å². The zero-order valence-corrected chi connectivity index (χ0v) is 15.1. The summed E-state index contributed by atoms with van der Waals surface area (Å²) >= 11 is 1.22. The average Bonchev–Trinajstić information content (AvgIpc) is 3.34. The van der Waals surface area contributed by atoms with E-state index in [0.717, 1.165) is 5.69 Å². The Kier molecular flexibility index (Phi) is 5.70. The number of rotatable bonds is 7. The van der Waals surface area contributed by atoms with Crippen molar-refractivity contribution in [1.82, 2.24) is 5.32 Å². The maximum Gasteiger partial charge on any atom is 0.291 e. The van der Waals surface area contributed by atoms with E-state index in [2.05, 4.69) is 15.5 Å². The molecular weight excluding hydrogens is 350 g/mol. The average molecular weight is 369 g/mol. The van der Waals surface area contributed by atoms with Crippen molar-refractivity contribution in [1.29, 1.82) is 0 Å². The summed E-state index contributed by atoms with van der Waals surface area (Å²) in [4.78, 5) is 26.8. The van der Waals surface area contributed by atoms with E-state index in [1.807, 2.05) is 37.4 Å². The van der Waals surface area contributed by atoms with Crippen molar-refractivity contribution in [2.45, 2.75) is 0 Å². The van der Waals surface area contributed by atoms with Gasteiger partial charge in [-0.15, -0.1) is 11.3 Å². The minimum absolute atomic E-state index is 0.157. The minimum Gasteiger partial charge on any atom is -0.459 e. The number of nitrogens with zero attached hydrogens (tertiary/aromatic N) is 1. The highest BCUT2D eigenvalue weighted by atomic mass is 32.1. The van der Waals surface area contributed by atoms with Crippen molar-refractivity contribution in [3.8, 4) is 0 Å². The summed E-state index contributed by atoms with van der Waals surface area (Å²) in [7, 11) is 1.98. The Morgan fingerprint density at radius 1 is 1.04 bits per heavy atom. The number of furan rings is 1. The van der Waals surface area contributed by atoms with E-state index in [-0.39, 0.29) is 17.6 Å². The van der Waals surface area contributed by atoms with E-state index >= 15 is 0 Å². The molecule has 2 amide bonds. The second kappa shape index (κ2) is 8.35. The van der Waals surface area contributed by atoms with Gasteiger partial charge in [0.15, 0.2) is 5.76 Å².